The van der Waals surface area contributed by atoms with Crippen LogP contribution in [0.5, 0.6) is 0 Å². The summed E-state index contributed by atoms with van der Waals surface area (Å²) in [6.07, 6.45) is 0. The van der Waals surface area contributed by atoms with E-state index in [0.717, 1.165) is 31.9 Å². The molecule has 0 aromatic carbocycles. The van der Waals surface area contributed by atoms with Crippen molar-refractivity contribution >= 4 is 17.0 Å². The first-order chi connectivity index (χ1) is 5.34. The number of nitrogens with zero attached hydrogens (tertiary/aromatic N) is 1. The Hall–Kier alpha value is -0.220. The molecule has 0 bridgehead atoms. The number of carbonyl (C=O) groups is 1. The van der Waals surface area contributed by atoms with Crippen molar-refractivity contribution in [3.63, 3.8) is 0 Å². The molecule has 0 spiro atoms. The number of hydrogen-bond donors (Lipinski definition) is 1. The van der Waals surface area contributed by atoms with Crippen LogP contribution in [0.25, 0.3) is 0 Å². The van der Waals surface area contributed by atoms with Crippen LogP contribution in [0.2, 0.25) is 0 Å². The van der Waals surface area contributed by atoms with Crippen molar-refractivity contribution in [1.82, 2.24) is 10.2 Å². The standard InChI is InChI=1S/C7H14N2OS/c1-2-11-7(10)9-5-3-8-4-6-9/h8H,2-6H2,1H3. The van der Waals surface area contributed by atoms with Crippen molar-refractivity contribution in [3.8, 4) is 0 Å². The minimum absolute atomic E-state index is 0.231. The zero-order valence-electron chi connectivity index (χ0n) is 6.80. The van der Waals surface area contributed by atoms with Gasteiger partial charge in [-0.1, -0.05) is 18.7 Å². The Morgan fingerprint density at radius 2 is 2.18 bits per heavy atom. The maximum atomic E-state index is 11.3. The Morgan fingerprint density at radius 1 is 1.55 bits per heavy atom. The van der Waals surface area contributed by atoms with Gasteiger partial charge in [0, 0.05) is 26.2 Å². The fraction of sp³-hybridized carbons (Fsp3) is 0.857. The van der Waals surface area contributed by atoms with Crippen LogP contribution in [0.4, 0.5) is 4.79 Å². The zero-order chi connectivity index (χ0) is 8.10. The van der Waals surface area contributed by atoms with E-state index >= 15 is 0 Å². The SMILES string of the molecule is CCSC(=O)N1CCNCC1. The lowest BCUT2D eigenvalue weighted by Gasteiger charge is -2.26. The minimum Gasteiger partial charge on any atom is -0.331 e. The third-order valence-corrected chi connectivity index (χ3v) is 2.44. The molecule has 4 heteroatoms. The third kappa shape index (κ3) is 2.71. The number of carbonyl (C=O) groups excluding carboxylic acids is 1. The van der Waals surface area contributed by atoms with Gasteiger partial charge >= 0.3 is 0 Å². The molecule has 1 fully saturated rings. The van der Waals surface area contributed by atoms with Crippen LogP contribution in [0, 0.1) is 0 Å². The lowest BCUT2D eigenvalue weighted by molar-refractivity contribution is 0.215. The molecule has 1 saturated heterocycles. The molecule has 1 aliphatic heterocycles. The van der Waals surface area contributed by atoms with Crippen LogP contribution in [-0.4, -0.2) is 42.1 Å². The Balaban J connectivity index is 2.27. The van der Waals surface area contributed by atoms with Gasteiger partial charge in [-0.3, -0.25) is 4.79 Å². The fourth-order valence-electron chi connectivity index (χ4n) is 1.06. The van der Waals surface area contributed by atoms with Gasteiger partial charge in [0.2, 0.25) is 0 Å². The second-order valence-corrected chi connectivity index (χ2v) is 3.65. The second-order valence-electron chi connectivity index (χ2n) is 2.44. The number of thioether (sulfide) groups is 1. The highest BCUT2D eigenvalue weighted by Crippen LogP contribution is 2.08. The quantitative estimate of drug-likeness (QED) is 0.637. The van der Waals surface area contributed by atoms with Gasteiger partial charge in [-0.15, -0.1) is 0 Å². The highest BCUT2D eigenvalue weighted by atomic mass is 32.2. The fourth-order valence-corrected chi connectivity index (χ4v) is 1.67. The molecule has 0 aliphatic carbocycles. The molecule has 0 atom stereocenters. The van der Waals surface area contributed by atoms with Crippen LogP contribution in [0.15, 0.2) is 0 Å². The molecular formula is C7H14N2OS. The average molecular weight is 174 g/mol. The van der Waals surface area contributed by atoms with Crippen LogP contribution in [0.1, 0.15) is 6.92 Å². The zero-order valence-corrected chi connectivity index (χ0v) is 7.62. The normalized spacial score (nSPS) is 18.5. The summed E-state index contributed by atoms with van der Waals surface area (Å²) in [5.74, 6) is 0.878. The number of rotatable bonds is 1. The number of amides is 1. The summed E-state index contributed by atoms with van der Waals surface area (Å²) in [6, 6.07) is 0. The molecular weight excluding hydrogens is 160 g/mol. The van der Waals surface area contributed by atoms with E-state index < -0.39 is 0 Å². The Morgan fingerprint density at radius 3 is 2.73 bits per heavy atom. The minimum atomic E-state index is 0.231. The topological polar surface area (TPSA) is 32.3 Å². The number of nitrogens with one attached hydrogen (secondary N) is 1. The summed E-state index contributed by atoms with van der Waals surface area (Å²) in [5.41, 5.74) is 0. The average Bonchev–Trinajstić information content (AvgIpc) is 2.07. The Bertz CT molecular complexity index is 134. The smallest absolute Gasteiger partial charge is 0.281 e. The van der Waals surface area contributed by atoms with E-state index in [4.69, 9.17) is 0 Å². The molecule has 1 heterocycles. The molecule has 1 aliphatic rings. The first-order valence-corrected chi connectivity index (χ1v) is 4.95. The summed E-state index contributed by atoms with van der Waals surface area (Å²) in [5, 5.41) is 3.44. The van der Waals surface area contributed by atoms with Crippen molar-refractivity contribution in [3.05, 3.63) is 0 Å². The first kappa shape index (κ1) is 8.87. The largest absolute Gasteiger partial charge is 0.331 e. The van der Waals surface area contributed by atoms with Gasteiger partial charge in [0.25, 0.3) is 5.24 Å². The van der Waals surface area contributed by atoms with E-state index in [1.807, 2.05) is 11.8 Å². The van der Waals surface area contributed by atoms with E-state index in [1.54, 1.807) is 0 Å². The van der Waals surface area contributed by atoms with Crippen molar-refractivity contribution in [2.75, 3.05) is 31.9 Å². The molecule has 0 radical (unpaired) electrons. The monoisotopic (exact) mass is 174 g/mol. The number of hydrogen-bond acceptors (Lipinski definition) is 3. The molecule has 0 unspecified atom stereocenters. The molecule has 64 valence electrons. The maximum Gasteiger partial charge on any atom is 0.281 e. The third-order valence-electron chi connectivity index (χ3n) is 1.64. The maximum absolute atomic E-state index is 11.3. The summed E-state index contributed by atoms with van der Waals surface area (Å²) >= 11 is 1.40. The predicted molar refractivity (Wildman–Crippen MR) is 48.0 cm³/mol. The summed E-state index contributed by atoms with van der Waals surface area (Å²) in [4.78, 5) is 13.2. The van der Waals surface area contributed by atoms with E-state index in [-0.39, 0.29) is 5.24 Å². The Kier molecular flexibility index (Phi) is 3.72. The van der Waals surface area contributed by atoms with Gasteiger partial charge in [0.1, 0.15) is 0 Å². The predicted octanol–water partition coefficient (Wildman–Crippen LogP) is 0.765. The van der Waals surface area contributed by atoms with Gasteiger partial charge in [-0.25, -0.2) is 0 Å². The van der Waals surface area contributed by atoms with Crippen molar-refractivity contribution < 1.29 is 4.79 Å². The molecule has 0 saturated carbocycles. The lowest BCUT2D eigenvalue weighted by atomic mass is 10.4. The van der Waals surface area contributed by atoms with E-state index in [0.29, 0.717) is 0 Å². The molecule has 11 heavy (non-hydrogen) atoms. The van der Waals surface area contributed by atoms with Crippen molar-refractivity contribution in [2.45, 2.75) is 6.92 Å². The Labute approximate surface area is 71.5 Å². The molecule has 1 N–H and O–H groups in total. The van der Waals surface area contributed by atoms with Crippen LogP contribution >= 0.6 is 11.8 Å². The highest BCUT2D eigenvalue weighted by molar-refractivity contribution is 8.13. The van der Waals surface area contributed by atoms with Crippen molar-refractivity contribution in [1.29, 1.82) is 0 Å². The molecule has 3 nitrogen and oxygen atoms in total. The van der Waals surface area contributed by atoms with E-state index in [1.165, 1.54) is 11.8 Å². The van der Waals surface area contributed by atoms with Gasteiger partial charge in [-0.2, -0.15) is 0 Å². The second kappa shape index (κ2) is 4.62. The van der Waals surface area contributed by atoms with Crippen molar-refractivity contribution in [2.24, 2.45) is 0 Å². The summed E-state index contributed by atoms with van der Waals surface area (Å²) in [7, 11) is 0. The van der Waals surface area contributed by atoms with Crippen LogP contribution in [0.3, 0.4) is 0 Å². The van der Waals surface area contributed by atoms with E-state index in [9.17, 15) is 4.79 Å². The summed E-state index contributed by atoms with van der Waals surface area (Å²) < 4.78 is 0. The number of piperazine rings is 1. The molecule has 0 aromatic rings. The summed E-state index contributed by atoms with van der Waals surface area (Å²) in [6.45, 7) is 5.62. The highest BCUT2D eigenvalue weighted by Gasteiger charge is 2.14. The van der Waals surface area contributed by atoms with Gasteiger partial charge in [0.05, 0.1) is 0 Å². The van der Waals surface area contributed by atoms with Gasteiger partial charge < -0.3 is 10.2 Å². The lowest BCUT2D eigenvalue weighted by Crippen LogP contribution is -2.45. The van der Waals surface area contributed by atoms with Crippen LogP contribution in [-0.2, 0) is 0 Å². The van der Waals surface area contributed by atoms with Crippen LogP contribution < -0.4 is 5.32 Å². The molecule has 0 aromatic heterocycles. The van der Waals surface area contributed by atoms with Gasteiger partial charge in [0.15, 0.2) is 0 Å². The molecule has 1 amide bonds. The molecule has 1 rings (SSSR count). The van der Waals surface area contributed by atoms with Gasteiger partial charge in [-0.05, 0) is 5.75 Å². The van der Waals surface area contributed by atoms with E-state index in [2.05, 4.69) is 5.32 Å². The first-order valence-electron chi connectivity index (χ1n) is 3.97.